The van der Waals surface area contributed by atoms with Crippen LogP contribution in [0.15, 0.2) is 24.4 Å². The Bertz CT molecular complexity index is 373. The summed E-state index contributed by atoms with van der Waals surface area (Å²) >= 11 is 1.33. The van der Waals surface area contributed by atoms with Crippen LogP contribution in [-0.4, -0.2) is 23.0 Å². The van der Waals surface area contributed by atoms with Gasteiger partial charge >= 0.3 is 0 Å². The van der Waals surface area contributed by atoms with Gasteiger partial charge in [0.05, 0.1) is 4.91 Å². The summed E-state index contributed by atoms with van der Waals surface area (Å²) in [4.78, 5) is 4.58. The molecule has 0 amide bonds. The molecule has 0 fully saturated rings. The zero-order valence-electron chi connectivity index (χ0n) is 6.14. The number of hydrogen-bond acceptors (Lipinski definition) is 4. The second kappa shape index (κ2) is 3.02. The minimum absolute atomic E-state index is 0.468. The molecule has 3 nitrogen and oxygen atoms in total. The third kappa shape index (κ3) is 1.36. The number of hydrogen-bond donors (Lipinski definition) is 0. The van der Waals surface area contributed by atoms with Crippen LogP contribution in [0.25, 0.3) is 10.7 Å². The molecule has 2 heterocycles. The van der Waals surface area contributed by atoms with Crippen molar-refractivity contribution in [2.24, 2.45) is 0 Å². The molecule has 0 bridgehead atoms. The lowest BCUT2D eigenvalue weighted by atomic mass is 10.2. The van der Waals surface area contributed by atoms with Gasteiger partial charge in [-0.2, -0.15) is 5.10 Å². The minimum atomic E-state index is 0.468. The summed E-state index contributed by atoms with van der Waals surface area (Å²) in [6.07, 6.45) is 1.72. The normalized spacial score (nSPS) is 10.0. The topological polar surface area (TPSA) is 38.7 Å². The molecule has 12 heavy (non-hydrogen) atoms. The van der Waals surface area contributed by atoms with Crippen LogP contribution in [0.5, 0.6) is 0 Å². The van der Waals surface area contributed by atoms with Crippen molar-refractivity contribution in [3.8, 4) is 10.7 Å². The first kappa shape index (κ1) is 7.43. The molecule has 0 aliphatic carbocycles. The predicted octanol–water partition coefficient (Wildman–Crippen LogP) is 0.394. The van der Waals surface area contributed by atoms with Crippen LogP contribution in [-0.2, 0) is 0 Å². The van der Waals surface area contributed by atoms with Gasteiger partial charge in [-0.3, -0.25) is 4.98 Å². The lowest BCUT2D eigenvalue weighted by Crippen LogP contribution is -1.97. The van der Waals surface area contributed by atoms with Gasteiger partial charge in [0.2, 0.25) is 0 Å². The summed E-state index contributed by atoms with van der Waals surface area (Å²) in [5.74, 6) is 0. The maximum Gasteiger partial charge on any atom is 0.165 e. The van der Waals surface area contributed by atoms with Gasteiger partial charge in [0, 0.05) is 6.20 Å². The molecular weight excluding hydrogens is 169 g/mol. The molecule has 0 saturated carbocycles. The number of nitrogens with zero attached hydrogens (tertiary/aromatic N) is 3. The Labute approximate surface area is 74.9 Å². The highest BCUT2D eigenvalue weighted by atomic mass is 32.1. The van der Waals surface area contributed by atoms with Gasteiger partial charge in [-0.15, -0.1) is 16.4 Å². The first-order valence-electron chi connectivity index (χ1n) is 3.36. The second-order valence-corrected chi connectivity index (χ2v) is 3.17. The monoisotopic (exact) mass is 173 g/mol. The van der Waals surface area contributed by atoms with Gasteiger partial charge in [0.25, 0.3) is 0 Å². The largest absolute Gasteiger partial charge is 0.254 e. The predicted molar refractivity (Wildman–Crippen MR) is 48.5 cm³/mol. The van der Waals surface area contributed by atoms with Crippen LogP contribution in [0.3, 0.4) is 0 Å². The van der Waals surface area contributed by atoms with E-state index >= 15 is 0 Å². The quantitative estimate of drug-likeness (QED) is 0.585. The van der Waals surface area contributed by atoms with Gasteiger partial charge < -0.3 is 0 Å². The van der Waals surface area contributed by atoms with E-state index in [0.717, 1.165) is 10.7 Å². The van der Waals surface area contributed by atoms with Crippen molar-refractivity contribution >= 4 is 24.1 Å². The minimum Gasteiger partial charge on any atom is -0.254 e. The van der Waals surface area contributed by atoms with E-state index in [1.54, 1.807) is 6.20 Å². The highest BCUT2D eigenvalue weighted by Gasteiger charge is 2.02. The van der Waals surface area contributed by atoms with E-state index < -0.39 is 0 Å². The highest BCUT2D eigenvalue weighted by molar-refractivity contribution is 7.22. The van der Waals surface area contributed by atoms with Crippen molar-refractivity contribution in [1.82, 2.24) is 15.2 Å². The van der Waals surface area contributed by atoms with E-state index in [-0.39, 0.29) is 0 Å². The van der Waals surface area contributed by atoms with Crippen LogP contribution in [0.4, 0.5) is 0 Å². The Balaban J connectivity index is 2.45. The molecule has 0 unspecified atom stereocenters. The van der Waals surface area contributed by atoms with Gasteiger partial charge in [-0.05, 0) is 12.1 Å². The fourth-order valence-corrected chi connectivity index (χ4v) is 1.41. The molecule has 0 aliphatic heterocycles. The van der Waals surface area contributed by atoms with Crippen LogP contribution >= 0.6 is 11.3 Å². The van der Waals surface area contributed by atoms with Gasteiger partial charge in [0.1, 0.15) is 5.69 Å². The molecular formula is C7H4BN3S. The van der Waals surface area contributed by atoms with E-state index in [1.807, 2.05) is 18.2 Å². The summed E-state index contributed by atoms with van der Waals surface area (Å²) in [6, 6.07) is 5.63. The van der Waals surface area contributed by atoms with Crippen molar-refractivity contribution in [2.75, 3.05) is 0 Å². The molecule has 2 aromatic heterocycles. The van der Waals surface area contributed by atoms with Crippen molar-refractivity contribution in [3.63, 3.8) is 0 Å². The molecule has 0 atom stereocenters. The summed E-state index contributed by atoms with van der Waals surface area (Å²) in [7, 11) is 5.43. The number of pyridine rings is 1. The van der Waals surface area contributed by atoms with Crippen LogP contribution in [0.1, 0.15) is 0 Å². The summed E-state index contributed by atoms with van der Waals surface area (Å²) in [5.41, 5.74) is 0.812. The van der Waals surface area contributed by atoms with E-state index in [1.165, 1.54) is 11.3 Å². The lowest BCUT2D eigenvalue weighted by molar-refractivity contribution is 1.11. The number of aromatic nitrogens is 3. The average Bonchev–Trinajstić information content (AvgIpc) is 2.54. The van der Waals surface area contributed by atoms with E-state index in [0.29, 0.717) is 4.91 Å². The Hall–Kier alpha value is -1.23. The fraction of sp³-hybridized carbons (Fsp3) is 0. The van der Waals surface area contributed by atoms with Crippen molar-refractivity contribution in [1.29, 1.82) is 0 Å². The zero-order valence-corrected chi connectivity index (χ0v) is 6.95. The van der Waals surface area contributed by atoms with Gasteiger partial charge in [-0.25, -0.2) is 0 Å². The average molecular weight is 173 g/mol. The smallest absolute Gasteiger partial charge is 0.165 e. The molecule has 2 radical (unpaired) electrons. The fourth-order valence-electron chi connectivity index (χ4n) is 0.827. The molecule has 0 aromatic carbocycles. The van der Waals surface area contributed by atoms with Crippen LogP contribution in [0, 0.1) is 0 Å². The van der Waals surface area contributed by atoms with E-state index in [2.05, 4.69) is 15.2 Å². The molecule has 5 heteroatoms. The molecule has 0 aliphatic rings. The molecule has 0 saturated heterocycles. The third-order valence-electron chi connectivity index (χ3n) is 1.32. The summed E-state index contributed by atoms with van der Waals surface area (Å²) in [5, 5.41) is 8.32. The zero-order chi connectivity index (χ0) is 8.39. The molecule has 2 rings (SSSR count). The van der Waals surface area contributed by atoms with Gasteiger partial charge in [-0.1, -0.05) is 6.07 Å². The Morgan fingerprint density at radius 3 is 2.75 bits per heavy atom. The first-order valence-corrected chi connectivity index (χ1v) is 4.18. The summed E-state index contributed by atoms with van der Waals surface area (Å²) < 4.78 is 0. The lowest BCUT2D eigenvalue weighted by Gasteiger charge is -1.89. The van der Waals surface area contributed by atoms with Crippen molar-refractivity contribution in [3.05, 3.63) is 24.4 Å². The summed E-state index contributed by atoms with van der Waals surface area (Å²) in [6.45, 7) is 0. The Morgan fingerprint density at radius 1 is 1.25 bits per heavy atom. The third-order valence-corrected chi connectivity index (χ3v) is 2.10. The van der Waals surface area contributed by atoms with Crippen molar-refractivity contribution < 1.29 is 0 Å². The van der Waals surface area contributed by atoms with Crippen LogP contribution < -0.4 is 4.91 Å². The maximum absolute atomic E-state index is 5.43. The SMILES string of the molecule is [B]c1nnc(-c2ccccn2)s1. The Morgan fingerprint density at radius 2 is 2.17 bits per heavy atom. The molecule has 56 valence electrons. The standard InChI is InChI=1S/C7H4BN3S/c8-7-11-10-6(12-7)5-3-1-2-4-9-5/h1-4H. The van der Waals surface area contributed by atoms with Crippen molar-refractivity contribution in [2.45, 2.75) is 0 Å². The molecule has 0 spiro atoms. The van der Waals surface area contributed by atoms with E-state index in [9.17, 15) is 0 Å². The van der Waals surface area contributed by atoms with E-state index in [4.69, 9.17) is 7.85 Å². The van der Waals surface area contributed by atoms with Crippen LogP contribution in [0.2, 0.25) is 0 Å². The number of rotatable bonds is 1. The second-order valence-electron chi connectivity index (χ2n) is 2.16. The van der Waals surface area contributed by atoms with Gasteiger partial charge in [0.15, 0.2) is 12.9 Å². The highest BCUT2D eigenvalue weighted by Crippen LogP contribution is 2.14. The molecule has 0 N–H and O–H groups in total. The molecule has 2 aromatic rings. The first-order chi connectivity index (χ1) is 5.86. The maximum atomic E-state index is 5.43. The Kier molecular flexibility index (Phi) is 1.87.